The van der Waals surface area contributed by atoms with Crippen LogP contribution in [-0.4, -0.2) is 21.6 Å². The van der Waals surface area contributed by atoms with Crippen molar-refractivity contribution >= 4 is 11.0 Å². The molecular formula is C15H18FN3O. The molecule has 1 aromatic heterocycles. The quantitative estimate of drug-likeness (QED) is 0.838. The number of aromatic nitrogens is 2. The van der Waals surface area contributed by atoms with Crippen LogP contribution in [0.2, 0.25) is 0 Å². The van der Waals surface area contributed by atoms with E-state index in [9.17, 15) is 9.18 Å². The molecule has 0 saturated carbocycles. The lowest BCUT2D eigenvalue weighted by molar-refractivity contribution is 0.299. The molecule has 2 fully saturated rings. The maximum absolute atomic E-state index is 13.8. The second kappa shape index (κ2) is 4.19. The molecule has 20 heavy (non-hydrogen) atoms. The highest BCUT2D eigenvalue weighted by Gasteiger charge is 2.35. The van der Waals surface area contributed by atoms with Crippen LogP contribution >= 0.6 is 0 Å². The summed E-state index contributed by atoms with van der Waals surface area (Å²) in [5.74, 6) is -0.248. The summed E-state index contributed by atoms with van der Waals surface area (Å²) >= 11 is 0. The lowest BCUT2D eigenvalue weighted by Crippen LogP contribution is -2.40. The molecule has 0 radical (unpaired) electrons. The number of benzene rings is 1. The summed E-state index contributed by atoms with van der Waals surface area (Å²) in [6, 6.07) is 4.40. The molecule has 2 aliphatic rings. The minimum atomic E-state index is -0.248. The zero-order valence-electron chi connectivity index (χ0n) is 11.4. The van der Waals surface area contributed by atoms with Crippen LogP contribution in [0.4, 0.5) is 4.39 Å². The Balaban J connectivity index is 1.85. The predicted octanol–water partition coefficient (Wildman–Crippen LogP) is 2.23. The van der Waals surface area contributed by atoms with Crippen LogP contribution in [0.3, 0.4) is 0 Å². The molecule has 2 aromatic rings. The number of rotatable bonds is 1. The number of aromatic amines is 1. The van der Waals surface area contributed by atoms with E-state index in [0.29, 0.717) is 23.2 Å². The van der Waals surface area contributed by atoms with Gasteiger partial charge < -0.3 is 10.3 Å². The van der Waals surface area contributed by atoms with E-state index < -0.39 is 0 Å². The van der Waals surface area contributed by atoms with E-state index in [1.54, 1.807) is 17.6 Å². The molecule has 4 nitrogen and oxygen atoms in total. The van der Waals surface area contributed by atoms with Gasteiger partial charge in [-0.15, -0.1) is 0 Å². The van der Waals surface area contributed by atoms with Crippen molar-refractivity contribution in [2.24, 2.45) is 0 Å². The third-order valence-corrected chi connectivity index (χ3v) is 4.81. The molecule has 2 aliphatic heterocycles. The first-order valence-corrected chi connectivity index (χ1v) is 7.28. The molecule has 0 spiro atoms. The van der Waals surface area contributed by atoms with E-state index in [-0.39, 0.29) is 17.5 Å². The Morgan fingerprint density at radius 2 is 1.95 bits per heavy atom. The molecule has 3 heterocycles. The fourth-order valence-electron chi connectivity index (χ4n) is 3.86. The van der Waals surface area contributed by atoms with Gasteiger partial charge in [0.25, 0.3) is 0 Å². The maximum atomic E-state index is 13.8. The summed E-state index contributed by atoms with van der Waals surface area (Å²) in [7, 11) is 0. The predicted molar refractivity (Wildman–Crippen MR) is 75.5 cm³/mol. The van der Waals surface area contributed by atoms with E-state index in [1.165, 1.54) is 18.9 Å². The second-order valence-corrected chi connectivity index (χ2v) is 6.18. The average Bonchev–Trinajstić information content (AvgIpc) is 2.89. The van der Waals surface area contributed by atoms with Crippen molar-refractivity contribution in [1.82, 2.24) is 14.9 Å². The smallest absolute Gasteiger partial charge is 0.311 e. The minimum absolute atomic E-state index is 0.115. The van der Waals surface area contributed by atoms with Crippen LogP contribution in [0.1, 0.15) is 37.3 Å². The van der Waals surface area contributed by atoms with Gasteiger partial charge in [0.05, 0.1) is 11.0 Å². The van der Waals surface area contributed by atoms with E-state index >= 15 is 0 Å². The number of hydrogen-bond acceptors (Lipinski definition) is 2. The van der Waals surface area contributed by atoms with E-state index in [4.69, 9.17) is 0 Å². The molecule has 4 rings (SSSR count). The Hall–Kier alpha value is -1.62. The number of halogens is 1. The van der Waals surface area contributed by atoms with Gasteiger partial charge in [-0.05, 0) is 44.2 Å². The number of H-pyrrole nitrogens is 1. The van der Waals surface area contributed by atoms with Gasteiger partial charge in [0.1, 0.15) is 5.82 Å². The van der Waals surface area contributed by atoms with E-state index in [1.807, 2.05) is 0 Å². The van der Waals surface area contributed by atoms with Crippen LogP contribution in [0.25, 0.3) is 11.0 Å². The second-order valence-electron chi connectivity index (χ2n) is 6.18. The van der Waals surface area contributed by atoms with Crippen LogP contribution < -0.4 is 11.0 Å². The van der Waals surface area contributed by atoms with Gasteiger partial charge in [-0.25, -0.2) is 9.18 Å². The SMILES string of the molecule is Cc1cc2[nH]c(=O)n(C3CC4CCC(C3)N4)c2cc1F. The lowest BCUT2D eigenvalue weighted by Gasteiger charge is -2.29. The van der Waals surface area contributed by atoms with Crippen molar-refractivity contribution in [3.8, 4) is 0 Å². The molecule has 106 valence electrons. The number of nitrogens with one attached hydrogen (secondary N) is 2. The van der Waals surface area contributed by atoms with Gasteiger partial charge >= 0.3 is 5.69 Å². The third kappa shape index (κ3) is 1.73. The van der Waals surface area contributed by atoms with Gasteiger partial charge in [0, 0.05) is 24.2 Å². The maximum Gasteiger partial charge on any atom is 0.326 e. The van der Waals surface area contributed by atoms with Gasteiger partial charge in [0.15, 0.2) is 0 Å². The Bertz CT molecular complexity index is 721. The highest BCUT2D eigenvalue weighted by atomic mass is 19.1. The monoisotopic (exact) mass is 275 g/mol. The number of fused-ring (bicyclic) bond motifs is 3. The minimum Gasteiger partial charge on any atom is -0.311 e. The molecule has 2 unspecified atom stereocenters. The van der Waals surface area contributed by atoms with Crippen molar-refractivity contribution < 1.29 is 4.39 Å². The van der Waals surface area contributed by atoms with Crippen molar-refractivity contribution in [3.05, 3.63) is 34.0 Å². The summed E-state index contributed by atoms with van der Waals surface area (Å²) < 4.78 is 15.6. The summed E-state index contributed by atoms with van der Waals surface area (Å²) in [5.41, 5.74) is 1.89. The van der Waals surface area contributed by atoms with Crippen molar-refractivity contribution in [2.75, 3.05) is 0 Å². The van der Waals surface area contributed by atoms with Crippen LogP contribution in [0, 0.1) is 12.7 Å². The molecule has 2 saturated heterocycles. The fraction of sp³-hybridized carbons (Fsp3) is 0.533. The molecule has 2 bridgehead atoms. The zero-order chi connectivity index (χ0) is 13.9. The van der Waals surface area contributed by atoms with E-state index in [2.05, 4.69) is 10.3 Å². The average molecular weight is 275 g/mol. The topological polar surface area (TPSA) is 49.8 Å². The van der Waals surface area contributed by atoms with Gasteiger partial charge in [-0.2, -0.15) is 0 Å². The standard InChI is InChI=1S/C15H18FN3O/c1-8-4-13-14(7-12(8)16)19(15(20)18-13)11-5-9-2-3-10(6-11)17-9/h4,7,9-11,17H,2-3,5-6H2,1H3,(H,18,20). The van der Waals surface area contributed by atoms with Crippen molar-refractivity contribution in [3.63, 3.8) is 0 Å². The molecule has 0 amide bonds. The van der Waals surface area contributed by atoms with Gasteiger partial charge in [-0.3, -0.25) is 4.57 Å². The van der Waals surface area contributed by atoms with Gasteiger partial charge in [-0.1, -0.05) is 0 Å². The first-order valence-electron chi connectivity index (χ1n) is 7.28. The van der Waals surface area contributed by atoms with Crippen LogP contribution in [0.5, 0.6) is 0 Å². The number of nitrogens with zero attached hydrogens (tertiary/aromatic N) is 1. The Morgan fingerprint density at radius 3 is 2.65 bits per heavy atom. The van der Waals surface area contributed by atoms with Crippen molar-refractivity contribution in [1.29, 1.82) is 0 Å². The number of hydrogen-bond donors (Lipinski definition) is 2. The number of imidazole rings is 1. The molecule has 5 heteroatoms. The molecule has 1 aromatic carbocycles. The Labute approximate surface area is 116 Å². The number of aryl methyl sites for hydroxylation is 1. The summed E-state index contributed by atoms with van der Waals surface area (Å²) in [5, 5.41) is 3.57. The summed E-state index contributed by atoms with van der Waals surface area (Å²) in [6.45, 7) is 1.72. The molecule has 0 aliphatic carbocycles. The Morgan fingerprint density at radius 1 is 1.25 bits per heavy atom. The van der Waals surface area contributed by atoms with Crippen molar-refractivity contribution in [2.45, 2.75) is 50.7 Å². The Kier molecular flexibility index (Phi) is 2.54. The highest BCUT2D eigenvalue weighted by molar-refractivity contribution is 5.76. The number of piperidine rings is 1. The summed E-state index contributed by atoms with van der Waals surface area (Å²) in [4.78, 5) is 15.1. The largest absolute Gasteiger partial charge is 0.326 e. The molecule has 2 atom stereocenters. The molecule has 2 N–H and O–H groups in total. The van der Waals surface area contributed by atoms with E-state index in [0.717, 1.165) is 18.4 Å². The first-order chi connectivity index (χ1) is 9.61. The molecular weight excluding hydrogens is 257 g/mol. The normalized spacial score (nSPS) is 29.2. The lowest BCUT2D eigenvalue weighted by atomic mass is 9.99. The van der Waals surface area contributed by atoms with Crippen LogP contribution in [-0.2, 0) is 0 Å². The van der Waals surface area contributed by atoms with Gasteiger partial charge in [0.2, 0.25) is 0 Å². The zero-order valence-corrected chi connectivity index (χ0v) is 11.4. The fourth-order valence-corrected chi connectivity index (χ4v) is 3.86. The third-order valence-electron chi connectivity index (χ3n) is 4.81. The van der Waals surface area contributed by atoms with Crippen LogP contribution in [0.15, 0.2) is 16.9 Å². The highest BCUT2D eigenvalue weighted by Crippen LogP contribution is 2.34. The first kappa shape index (κ1) is 12.1. The summed E-state index contributed by atoms with van der Waals surface area (Å²) in [6.07, 6.45) is 4.29.